The standard InChI is InChI=1S/C16H20N2O3/c1-11(10-15(19)20)16(17)12-6-2-3-7-13(12)18-14-8-4-5-9-21-14/h2-3,6-7,10,14,17-18H,4-5,8-9H2,1H3,(H,19,20)/p+1. The first-order valence-electron chi connectivity index (χ1n) is 7.14. The number of hydrogen-bond acceptors (Lipinski definition) is 3. The largest absolute Gasteiger partial charge is 0.478 e. The molecule has 2 rings (SSSR count). The number of benzene rings is 1. The van der Waals surface area contributed by atoms with Gasteiger partial charge in [0.25, 0.3) is 0 Å². The van der Waals surface area contributed by atoms with Crippen molar-refractivity contribution in [2.45, 2.75) is 32.4 Å². The molecule has 0 aromatic heterocycles. The minimum Gasteiger partial charge on any atom is -0.478 e. The number of hydrogen-bond donors (Lipinski definition) is 3. The maximum absolute atomic E-state index is 10.7. The topological polar surface area (TPSA) is 87.0 Å². The average Bonchev–Trinajstić information content (AvgIpc) is 2.47. The summed E-state index contributed by atoms with van der Waals surface area (Å²) in [7, 11) is 0. The second-order valence-corrected chi connectivity index (χ2v) is 5.20. The first-order chi connectivity index (χ1) is 10.1. The van der Waals surface area contributed by atoms with Gasteiger partial charge in [-0.1, -0.05) is 12.1 Å². The van der Waals surface area contributed by atoms with E-state index in [1.165, 1.54) is 0 Å². The van der Waals surface area contributed by atoms with Crippen molar-refractivity contribution in [3.8, 4) is 0 Å². The highest BCUT2D eigenvalue weighted by Gasteiger charge is 2.20. The van der Waals surface area contributed by atoms with E-state index >= 15 is 0 Å². The molecule has 1 aromatic carbocycles. The highest BCUT2D eigenvalue weighted by Crippen LogP contribution is 2.16. The molecule has 5 nitrogen and oxygen atoms in total. The summed E-state index contributed by atoms with van der Waals surface area (Å²) in [5, 5.41) is 19.0. The maximum atomic E-state index is 10.7. The first-order valence-corrected chi connectivity index (χ1v) is 7.14. The zero-order chi connectivity index (χ0) is 15.2. The number of carbonyl (C=O) groups is 1. The van der Waals surface area contributed by atoms with Gasteiger partial charge in [0, 0.05) is 12.5 Å². The van der Waals surface area contributed by atoms with Gasteiger partial charge in [-0.3, -0.25) is 10.7 Å². The third-order valence-corrected chi connectivity index (χ3v) is 3.54. The molecule has 1 fully saturated rings. The molecule has 112 valence electrons. The van der Waals surface area contributed by atoms with Gasteiger partial charge >= 0.3 is 5.97 Å². The lowest BCUT2D eigenvalue weighted by molar-refractivity contribution is -0.660. The van der Waals surface area contributed by atoms with Gasteiger partial charge in [-0.15, -0.1) is 0 Å². The van der Waals surface area contributed by atoms with E-state index in [4.69, 9.17) is 15.3 Å². The number of rotatable bonds is 5. The predicted molar refractivity (Wildman–Crippen MR) is 79.8 cm³/mol. The number of nitrogens with one attached hydrogen (secondary N) is 1. The molecule has 1 saturated heterocycles. The Bertz CT molecular complexity index is 560. The number of quaternary nitrogens is 1. The SMILES string of the molecule is CC(=CC(=O)O)C(=N)c1ccccc1[NH2+]C1CCCCO1. The maximum Gasteiger partial charge on any atom is 0.328 e. The fourth-order valence-corrected chi connectivity index (χ4v) is 2.44. The van der Waals surface area contributed by atoms with Gasteiger partial charge in [-0.05, 0) is 37.5 Å². The van der Waals surface area contributed by atoms with Crippen molar-refractivity contribution in [1.82, 2.24) is 0 Å². The van der Waals surface area contributed by atoms with E-state index in [-0.39, 0.29) is 11.9 Å². The molecule has 0 aliphatic carbocycles. The summed E-state index contributed by atoms with van der Waals surface area (Å²) in [5.41, 5.74) is 2.34. The van der Waals surface area contributed by atoms with Crippen LogP contribution in [0.25, 0.3) is 0 Å². The molecule has 21 heavy (non-hydrogen) atoms. The summed E-state index contributed by atoms with van der Waals surface area (Å²) in [5.74, 6) is -1.03. The van der Waals surface area contributed by atoms with Gasteiger partial charge in [0.1, 0.15) is 5.69 Å². The quantitative estimate of drug-likeness (QED) is 0.439. The van der Waals surface area contributed by atoms with Crippen molar-refractivity contribution >= 4 is 17.4 Å². The molecule has 1 unspecified atom stereocenters. The molecule has 1 aliphatic heterocycles. The number of carboxylic acid groups (broad SMARTS) is 1. The fraction of sp³-hybridized carbons (Fsp3) is 0.375. The van der Waals surface area contributed by atoms with E-state index in [9.17, 15) is 4.79 Å². The molecule has 5 heteroatoms. The van der Waals surface area contributed by atoms with Crippen molar-refractivity contribution in [3.05, 3.63) is 41.5 Å². The second kappa shape index (κ2) is 7.15. The lowest BCUT2D eigenvalue weighted by Crippen LogP contribution is -2.86. The van der Waals surface area contributed by atoms with Crippen LogP contribution >= 0.6 is 0 Å². The molecule has 1 atom stereocenters. The zero-order valence-electron chi connectivity index (χ0n) is 12.1. The normalized spacial score (nSPS) is 19.3. The van der Waals surface area contributed by atoms with Crippen molar-refractivity contribution in [3.63, 3.8) is 0 Å². The molecule has 1 aromatic rings. The van der Waals surface area contributed by atoms with Crippen LogP contribution in [0.3, 0.4) is 0 Å². The molecule has 0 spiro atoms. The first kappa shape index (κ1) is 15.4. The number of carboxylic acids is 1. The van der Waals surface area contributed by atoms with E-state index < -0.39 is 5.97 Å². The van der Waals surface area contributed by atoms with Crippen LogP contribution in [0.4, 0.5) is 5.69 Å². The van der Waals surface area contributed by atoms with Crippen LogP contribution in [-0.2, 0) is 9.53 Å². The van der Waals surface area contributed by atoms with Gasteiger partial charge in [0.2, 0.25) is 0 Å². The molecular formula is C16H21N2O3+. The van der Waals surface area contributed by atoms with Crippen LogP contribution < -0.4 is 5.32 Å². The molecule has 1 heterocycles. The summed E-state index contributed by atoms with van der Waals surface area (Å²) >= 11 is 0. The van der Waals surface area contributed by atoms with Crippen LogP contribution in [0.15, 0.2) is 35.9 Å². The molecular weight excluding hydrogens is 268 g/mol. The minimum atomic E-state index is -1.03. The number of para-hydroxylation sites is 1. The Morgan fingerprint density at radius 3 is 2.86 bits per heavy atom. The molecule has 1 aliphatic rings. The van der Waals surface area contributed by atoms with Gasteiger partial charge in [0.15, 0.2) is 6.23 Å². The van der Waals surface area contributed by atoms with Crippen molar-refractivity contribution in [2.24, 2.45) is 0 Å². The third kappa shape index (κ3) is 4.24. The van der Waals surface area contributed by atoms with Crippen LogP contribution in [0, 0.1) is 5.41 Å². The highest BCUT2D eigenvalue weighted by atomic mass is 16.5. The van der Waals surface area contributed by atoms with Gasteiger partial charge in [-0.25, -0.2) is 4.79 Å². The average molecular weight is 289 g/mol. The van der Waals surface area contributed by atoms with Crippen LogP contribution in [0.5, 0.6) is 0 Å². The number of allylic oxidation sites excluding steroid dienone is 1. The van der Waals surface area contributed by atoms with Gasteiger partial charge in [-0.2, -0.15) is 0 Å². The Hall–Kier alpha value is -1.98. The fourth-order valence-electron chi connectivity index (χ4n) is 2.44. The Morgan fingerprint density at radius 1 is 1.43 bits per heavy atom. The Kier molecular flexibility index (Phi) is 5.25. The van der Waals surface area contributed by atoms with Crippen LogP contribution in [0.2, 0.25) is 0 Å². The van der Waals surface area contributed by atoms with E-state index in [1.807, 2.05) is 29.6 Å². The molecule has 0 saturated carbocycles. The van der Waals surface area contributed by atoms with E-state index in [1.54, 1.807) is 6.92 Å². The molecule has 0 radical (unpaired) electrons. The summed E-state index contributed by atoms with van der Waals surface area (Å²) in [6, 6.07) is 7.56. The van der Waals surface area contributed by atoms with Gasteiger partial charge in [0.05, 0.1) is 17.9 Å². The number of aliphatic carboxylic acids is 1. The van der Waals surface area contributed by atoms with E-state index in [0.29, 0.717) is 5.57 Å². The lowest BCUT2D eigenvalue weighted by Gasteiger charge is -2.21. The second-order valence-electron chi connectivity index (χ2n) is 5.20. The summed E-state index contributed by atoms with van der Waals surface area (Å²) in [6.07, 6.45) is 4.39. The molecule has 0 amide bonds. The van der Waals surface area contributed by atoms with Crippen molar-refractivity contribution < 1.29 is 20.0 Å². The third-order valence-electron chi connectivity index (χ3n) is 3.54. The summed E-state index contributed by atoms with van der Waals surface area (Å²) < 4.78 is 5.71. The number of ether oxygens (including phenoxy) is 1. The lowest BCUT2D eigenvalue weighted by atomic mass is 10.0. The van der Waals surface area contributed by atoms with Crippen LogP contribution in [0.1, 0.15) is 31.7 Å². The Morgan fingerprint density at radius 2 is 2.19 bits per heavy atom. The van der Waals surface area contributed by atoms with E-state index in [0.717, 1.165) is 43.2 Å². The monoisotopic (exact) mass is 289 g/mol. The summed E-state index contributed by atoms with van der Waals surface area (Å²) in [4.78, 5) is 10.7. The van der Waals surface area contributed by atoms with Crippen molar-refractivity contribution in [1.29, 1.82) is 5.41 Å². The minimum absolute atomic E-state index is 0.0801. The molecule has 4 N–H and O–H groups in total. The van der Waals surface area contributed by atoms with E-state index in [2.05, 4.69) is 0 Å². The van der Waals surface area contributed by atoms with Gasteiger partial charge < -0.3 is 9.84 Å². The highest BCUT2D eigenvalue weighted by molar-refractivity contribution is 6.14. The van der Waals surface area contributed by atoms with Crippen LogP contribution in [-0.4, -0.2) is 29.6 Å². The molecule has 0 bridgehead atoms. The Balaban J connectivity index is 2.19. The smallest absolute Gasteiger partial charge is 0.328 e. The van der Waals surface area contributed by atoms with Crippen molar-refractivity contribution in [2.75, 3.05) is 6.61 Å². The zero-order valence-corrected chi connectivity index (χ0v) is 12.1. The summed E-state index contributed by atoms with van der Waals surface area (Å²) in [6.45, 7) is 2.42. The Labute approximate surface area is 124 Å². The number of nitrogens with two attached hydrogens (primary N) is 1. The predicted octanol–water partition coefficient (Wildman–Crippen LogP) is 1.81.